The third kappa shape index (κ3) is 5.05. The Morgan fingerprint density at radius 1 is 1.25 bits per heavy atom. The number of nitrogens with zero attached hydrogens (tertiary/aromatic N) is 1. The topological polar surface area (TPSA) is 44.4 Å². The monoisotopic (exact) mass is 329 g/mol. The Morgan fingerprint density at radius 3 is 2.79 bits per heavy atom. The third-order valence-electron chi connectivity index (χ3n) is 5.41. The first kappa shape index (κ1) is 17.4. The minimum atomic E-state index is 0.136. The molecule has 24 heavy (non-hydrogen) atoms. The van der Waals surface area contributed by atoms with Crippen LogP contribution in [0.25, 0.3) is 0 Å². The molecule has 1 aromatic carbocycles. The summed E-state index contributed by atoms with van der Waals surface area (Å²) in [4.78, 5) is 14.8. The maximum atomic E-state index is 12.2. The SMILES string of the molecule is CC1CCN(Cc2cccc(CNC(=O)C3CCCNC3)c2)CC1. The van der Waals surface area contributed by atoms with Crippen LogP contribution in [0.1, 0.15) is 43.7 Å². The van der Waals surface area contributed by atoms with Crippen molar-refractivity contribution >= 4 is 5.91 Å². The molecule has 2 heterocycles. The fraction of sp³-hybridized carbons (Fsp3) is 0.650. The average molecular weight is 329 g/mol. The van der Waals surface area contributed by atoms with Crippen LogP contribution in [0.5, 0.6) is 0 Å². The Bertz CT molecular complexity index is 531. The second-order valence-electron chi connectivity index (χ2n) is 7.54. The van der Waals surface area contributed by atoms with E-state index in [2.05, 4.69) is 46.7 Å². The van der Waals surface area contributed by atoms with E-state index < -0.39 is 0 Å². The summed E-state index contributed by atoms with van der Waals surface area (Å²) in [5.74, 6) is 1.20. The molecule has 0 spiro atoms. The first-order valence-corrected chi connectivity index (χ1v) is 9.49. The smallest absolute Gasteiger partial charge is 0.224 e. The van der Waals surface area contributed by atoms with E-state index in [4.69, 9.17) is 0 Å². The molecule has 0 aliphatic carbocycles. The second-order valence-corrected chi connectivity index (χ2v) is 7.54. The van der Waals surface area contributed by atoms with Gasteiger partial charge in [0.15, 0.2) is 0 Å². The summed E-state index contributed by atoms with van der Waals surface area (Å²) in [5.41, 5.74) is 2.56. The van der Waals surface area contributed by atoms with Crippen LogP contribution in [0.4, 0.5) is 0 Å². The lowest BCUT2D eigenvalue weighted by molar-refractivity contribution is -0.125. The Hall–Kier alpha value is -1.39. The van der Waals surface area contributed by atoms with Gasteiger partial charge >= 0.3 is 0 Å². The van der Waals surface area contributed by atoms with Gasteiger partial charge in [0, 0.05) is 19.6 Å². The van der Waals surface area contributed by atoms with E-state index in [1.54, 1.807) is 0 Å². The molecular formula is C20H31N3O. The van der Waals surface area contributed by atoms with Gasteiger partial charge in [-0.15, -0.1) is 0 Å². The number of benzene rings is 1. The normalized spacial score (nSPS) is 23.1. The van der Waals surface area contributed by atoms with Gasteiger partial charge in [-0.3, -0.25) is 9.69 Å². The fourth-order valence-electron chi connectivity index (χ4n) is 3.73. The summed E-state index contributed by atoms with van der Waals surface area (Å²) in [6.07, 6.45) is 4.73. The van der Waals surface area contributed by atoms with Gasteiger partial charge in [-0.05, 0) is 62.4 Å². The summed E-state index contributed by atoms with van der Waals surface area (Å²) in [7, 11) is 0. The van der Waals surface area contributed by atoms with E-state index in [9.17, 15) is 4.79 Å². The van der Waals surface area contributed by atoms with Crippen molar-refractivity contribution in [1.29, 1.82) is 0 Å². The molecule has 0 saturated carbocycles. The zero-order valence-electron chi connectivity index (χ0n) is 14.9. The molecule has 1 atom stereocenters. The average Bonchev–Trinajstić information content (AvgIpc) is 2.63. The van der Waals surface area contributed by atoms with Crippen molar-refractivity contribution in [3.63, 3.8) is 0 Å². The number of carbonyl (C=O) groups excluding carboxylic acids is 1. The molecule has 3 rings (SSSR count). The predicted molar refractivity (Wildman–Crippen MR) is 97.6 cm³/mol. The van der Waals surface area contributed by atoms with Gasteiger partial charge < -0.3 is 10.6 Å². The lowest BCUT2D eigenvalue weighted by Crippen LogP contribution is -2.40. The standard InChI is InChI=1S/C20H31N3O/c1-16-7-10-23(11-8-16)15-18-5-2-4-17(12-18)13-22-20(24)19-6-3-9-21-14-19/h2,4-5,12,16,19,21H,3,6-11,13-15H2,1H3,(H,22,24). The highest BCUT2D eigenvalue weighted by atomic mass is 16.1. The van der Waals surface area contributed by atoms with Crippen molar-refractivity contribution < 1.29 is 4.79 Å². The lowest BCUT2D eigenvalue weighted by atomic mass is 9.98. The molecule has 2 N–H and O–H groups in total. The Morgan fingerprint density at radius 2 is 2.04 bits per heavy atom. The van der Waals surface area contributed by atoms with Gasteiger partial charge in [-0.25, -0.2) is 0 Å². The van der Waals surface area contributed by atoms with Crippen molar-refractivity contribution in [1.82, 2.24) is 15.5 Å². The first-order chi connectivity index (χ1) is 11.7. The highest BCUT2D eigenvalue weighted by molar-refractivity contribution is 5.78. The molecule has 4 nitrogen and oxygen atoms in total. The van der Waals surface area contributed by atoms with Crippen LogP contribution in [0.15, 0.2) is 24.3 Å². The summed E-state index contributed by atoms with van der Waals surface area (Å²) >= 11 is 0. The number of likely N-dealkylation sites (tertiary alicyclic amines) is 1. The number of amides is 1. The van der Waals surface area contributed by atoms with Gasteiger partial charge in [0.1, 0.15) is 0 Å². The van der Waals surface area contributed by atoms with Crippen molar-refractivity contribution in [2.24, 2.45) is 11.8 Å². The van der Waals surface area contributed by atoms with Crippen molar-refractivity contribution in [3.8, 4) is 0 Å². The molecular weight excluding hydrogens is 298 g/mol. The van der Waals surface area contributed by atoms with Crippen LogP contribution < -0.4 is 10.6 Å². The number of piperidine rings is 2. The van der Waals surface area contributed by atoms with Crippen LogP contribution in [0.3, 0.4) is 0 Å². The highest BCUT2D eigenvalue weighted by Gasteiger charge is 2.20. The molecule has 0 bridgehead atoms. The number of carbonyl (C=O) groups is 1. The Labute approximate surface area is 146 Å². The largest absolute Gasteiger partial charge is 0.352 e. The number of hydrogen-bond acceptors (Lipinski definition) is 3. The van der Waals surface area contributed by atoms with Crippen LogP contribution in [-0.4, -0.2) is 37.0 Å². The molecule has 2 saturated heterocycles. The zero-order chi connectivity index (χ0) is 16.8. The van der Waals surface area contributed by atoms with Crippen LogP contribution >= 0.6 is 0 Å². The number of rotatable bonds is 5. The van der Waals surface area contributed by atoms with Crippen LogP contribution in [0.2, 0.25) is 0 Å². The molecule has 2 aliphatic rings. The van der Waals surface area contributed by atoms with E-state index in [-0.39, 0.29) is 11.8 Å². The summed E-state index contributed by atoms with van der Waals surface area (Å²) in [5, 5.41) is 6.42. The zero-order valence-corrected chi connectivity index (χ0v) is 14.9. The van der Waals surface area contributed by atoms with E-state index in [1.807, 2.05) is 0 Å². The maximum Gasteiger partial charge on any atom is 0.224 e. The molecule has 2 aliphatic heterocycles. The van der Waals surface area contributed by atoms with Gasteiger partial charge in [0.2, 0.25) is 5.91 Å². The van der Waals surface area contributed by atoms with E-state index in [0.29, 0.717) is 6.54 Å². The van der Waals surface area contributed by atoms with Gasteiger partial charge in [0.05, 0.1) is 5.92 Å². The second kappa shape index (κ2) is 8.63. The van der Waals surface area contributed by atoms with Crippen molar-refractivity contribution in [3.05, 3.63) is 35.4 Å². The molecule has 0 aromatic heterocycles. The summed E-state index contributed by atoms with van der Waals surface area (Å²) in [6, 6.07) is 8.68. The fourth-order valence-corrected chi connectivity index (χ4v) is 3.73. The first-order valence-electron chi connectivity index (χ1n) is 9.49. The predicted octanol–water partition coefficient (Wildman–Crippen LogP) is 2.53. The lowest BCUT2D eigenvalue weighted by Gasteiger charge is -2.30. The maximum absolute atomic E-state index is 12.2. The van der Waals surface area contributed by atoms with E-state index in [1.165, 1.54) is 37.1 Å². The van der Waals surface area contributed by atoms with Crippen molar-refractivity contribution in [2.45, 2.75) is 45.7 Å². The molecule has 1 unspecified atom stereocenters. The van der Waals surface area contributed by atoms with Crippen molar-refractivity contribution in [2.75, 3.05) is 26.2 Å². The number of hydrogen-bond donors (Lipinski definition) is 2. The Balaban J connectivity index is 1.48. The molecule has 0 radical (unpaired) electrons. The Kier molecular flexibility index (Phi) is 6.27. The van der Waals surface area contributed by atoms with Gasteiger partial charge in [0.25, 0.3) is 0 Å². The molecule has 132 valence electrons. The third-order valence-corrected chi connectivity index (χ3v) is 5.41. The van der Waals surface area contributed by atoms with E-state index >= 15 is 0 Å². The van der Waals surface area contributed by atoms with Crippen LogP contribution in [0, 0.1) is 11.8 Å². The summed E-state index contributed by atoms with van der Waals surface area (Å²) < 4.78 is 0. The summed E-state index contributed by atoms with van der Waals surface area (Å²) in [6.45, 7) is 8.29. The molecule has 1 amide bonds. The van der Waals surface area contributed by atoms with E-state index in [0.717, 1.165) is 38.4 Å². The molecule has 1 aromatic rings. The minimum absolute atomic E-state index is 0.136. The molecule has 4 heteroatoms. The van der Waals surface area contributed by atoms with Crippen LogP contribution in [-0.2, 0) is 17.9 Å². The quantitative estimate of drug-likeness (QED) is 0.872. The minimum Gasteiger partial charge on any atom is -0.352 e. The van der Waals surface area contributed by atoms with Gasteiger partial charge in [-0.1, -0.05) is 31.2 Å². The highest BCUT2D eigenvalue weighted by Crippen LogP contribution is 2.18. The molecule has 2 fully saturated rings. The van der Waals surface area contributed by atoms with Gasteiger partial charge in [-0.2, -0.15) is 0 Å². The number of nitrogens with one attached hydrogen (secondary N) is 2.